The Morgan fingerprint density at radius 1 is 0.909 bits per heavy atom. The van der Waals surface area contributed by atoms with Gasteiger partial charge in [0.05, 0.1) is 0 Å². The molecule has 2 aromatic carbocycles. The van der Waals surface area contributed by atoms with Gasteiger partial charge in [0.15, 0.2) is 0 Å². The Labute approximate surface area is 149 Å². The first kappa shape index (κ1) is 17.4. The molecule has 0 saturated carbocycles. The third-order valence-corrected chi connectivity index (χ3v) is 4.54. The first-order valence-electron chi connectivity index (χ1n) is 8.00. The molecule has 0 amide bonds. The van der Waals surface area contributed by atoms with E-state index >= 15 is 0 Å². The van der Waals surface area contributed by atoms with Crippen LogP contribution < -0.4 is 0 Å². The van der Waals surface area contributed by atoms with E-state index in [2.05, 4.69) is 66.5 Å². The van der Waals surface area contributed by atoms with Crippen molar-refractivity contribution >= 4 is 0 Å². The Bertz CT molecular complexity index is 550. The molecular weight excluding hydrogens is 438 g/mol. The summed E-state index contributed by atoms with van der Waals surface area (Å²) in [5.74, 6) is 0. The van der Waals surface area contributed by atoms with Crippen LogP contribution in [0.25, 0.3) is 0 Å². The Hall–Kier alpha value is -0.912. The maximum Gasteiger partial charge on any atom is 0 e. The normalized spacial score (nSPS) is 18.1. The monoisotopic (exact) mass is 462 g/mol. The summed E-state index contributed by atoms with van der Waals surface area (Å²) in [6.45, 7) is 1.17. The molecule has 1 atom stereocenters. The van der Waals surface area contributed by atoms with E-state index in [1.165, 1.54) is 48.9 Å². The second-order valence-corrected chi connectivity index (χ2v) is 6.13. The topological polar surface area (TPSA) is 3.24 Å². The molecule has 116 valence electrons. The van der Waals surface area contributed by atoms with Crippen LogP contribution in [0.1, 0.15) is 36.0 Å². The van der Waals surface area contributed by atoms with Crippen LogP contribution in [0.3, 0.4) is 0 Å². The molecule has 1 nitrogen and oxygen atoms in total. The number of nitrogens with zero attached hydrogens (tertiary/aromatic N) is 1. The summed E-state index contributed by atoms with van der Waals surface area (Å²) in [5, 5.41) is 0. The van der Waals surface area contributed by atoms with Crippen molar-refractivity contribution in [2.45, 2.75) is 38.1 Å². The van der Waals surface area contributed by atoms with Crippen molar-refractivity contribution in [3.8, 4) is 0 Å². The van der Waals surface area contributed by atoms with Crippen LogP contribution in [0.4, 0.5) is 0 Å². The first-order chi connectivity index (χ1) is 10.3. The molecule has 2 aromatic rings. The average molecular weight is 462 g/mol. The Balaban J connectivity index is 0.00000176. The van der Waals surface area contributed by atoms with Crippen molar-refractivity contribution in [1.82, 2.24) is 4.90 Å². The number of rotatable bonds is 5. The quantitative estimate of drug-likeness (QED) is 0.594. The second kappa shape index (κ2) is 8.65. The van der Waals surface area contributed by atoms with E-state index in [9.17, 15) is 0 Å². The molecule has 22 heavy (non-hydrogen) atoms. The van der Waals surface area contributed by atoms with Gasteiger partial charge in [-0.1, -0.05) is 54.6 Å². The van der Waals surface area contributed by atoms with Crippen molar-refractivity contribution in [2.75, 3.05) is 6.54 Å². The van der Waals surface area contributed by atoms with E-state index < -0.39 is 0 Å². The summed E-state index contributed by atoms with van der Waals surface area (Å²) in [6, 6.07) is 20.5. The molecule has 1 fully saturated rings. The van der Waals surface area contributed by atoms with Gasteiger partial charge in [-0.25, -0.2) is 0 Å². The molecule has 0 bridgehead atoms. The summed E-state index contributed by atoms with van der Waals surface area (Å²) >= 11 is 0. The molecule has 0 N–H and O–H groups in total. The number of aryl methyl sites for hydroxylation is 1. The third-order valence-electron chi connectivity index (χ3n) is 4.54. The van der Waals surface area contributed by atoms with Crippen LogP contribution in [-0.2, 0) is 33.9 Å². The minimum atomic E-state index is 0. The van der Waals surface area contributed by atoms with E-state index in [-0.39, 0.29) is 21.1 Å². The standard InChI is InChI=1S/C20H24N.W/c1-21-15-5-8-20(21)14-13-17-9-11-19(12-10-17)16-18-6-3-2-4-7-18;/h2-4,6-7,9-12,20H,1,5,8,13-16H2;/q-1;/t20-;/m0./s1. The van der Waals surface area contributed by atoms with Crippen LogP contribution in [0.2, 0.25) is 0 Å². The zero-order chi connectivity index (χ0) is 14.5. The average Bonchev–Trinajstić information content (AvgIpc) is 2.93. The zero-order valence-corrected chi connectivity index (χ0v) is 16.0. The van der Waals surface area contributed by atoms with Crippen molar-refractivity contribution in [2.24, 2.45) is 0 Å². The third kappa shape index (κ3) is 4.80. The van der Waals surface area contributed by atoms with Crippen LogP contribution in [0.5, 0.6) is 0 Å². The Morgan fingerprint density at radius 3 is 2.18 bits per heavy atom. The summed E-state index contributed by atoms with van der Waals surface area (Å²) in [6.07, 6.45) is 6.06. The fourth-order valence-corrected chi connectivity index (χ4v) is 3.21. The Kier molecular flexibility index (Phi) is 6.86. The van der Waals surface area contributed by atoms with Gasteiger partial charge in [0.2, 0.25) is 0 Å². The van der Waals surface area contributed by atoms with Crippen molar-refractivity contribution in [3.63, 3.8) is 0 Å². The fraction of sp³-hybridized carbons (Fsp3) is 0.350. The summed E-state index contributed by atoms with van der Waals surface area (Å²) in [5.41, 5.74) is 4.22. The van der Waals surface area contributed by atoms with Gasteiger partial charge >= 0.3 is 0 Å². The van der Waals surface area contributed by atoms with Gasteiger partial charge in [-0.3, -0.25) is 7.05 Å². The smallest absolute Gasteiger partial charge is 0 e. The van der Waals surface area contributed by atoms with Crippen LogP contribution >= 0.6 is 0 Å². The van der Waals surface area contributed by atoms with E-state index in [4.69, 9.17) is 0 Å². The van der Waals surface area contributed by atoms with E-state index in [1.807, 2.05) is 0 Å². The molecule has 0 spiro atoms. The van der Waals surface area contributed by atoms with Crippen LogP contribution in [-0.4, -0.2) is 17.5 Å². The summed E-state index contributed by atoms with van der Waals surface area (Å²) < 4.78 is 0. The summed E-state index contributed by atoms with van der Waals surface area (Å²) in [7, 11) is 4.13. The van der Waals surface area contributed by atoms with Gasteiger partial charge in [-0.2, -0.15) is 0 Å². The van der Waals surface area contributed by atoms with E-state index in [1.54, 1.807) is 0 Å². The van der Waals surface area contributed by atoms with Gasteiger partial charge in [-0.15, -0.1) is 0 Å². The minimum absolute atomic E-state index is 0. The van der Waals surface area contributed by atoms with E-state index in [0.29, 0.717) is 6.04 Å². The predicted molar refractivity (Wildman–Crippen MR) is 89.1 cm³/mol. The van der Waals surface area contributed by atoms with Gasteiger partial charge in [0.1, 0.15) is 0 Å². The first-order valence-corrected chi connectivity index (χ1v) is 8.00. The number of likely N-dealkylation sites (tertiary alicyclic amines) is 1. The number of hydrogen-bond acceptors (Lipinski definition) is 1. The van der Waals surface area contributed by atoms with Crippen molar-refractivity contribution in [1.29, 1.82) is 0 Å². The van der Waals surface area contributed by atoms with Gasteiger partial charge in [0.25, 0.3) is 0 Å². The molecule has 2 heteroatoms. The fourth-order valence-electron chi connectivity index (χ4n) is 3.21. The van der Waals surface area contributed by atoms with Crippen LogP contribution in [0.15, 0.2) is 54.6 Å². The van der Waals surface area contributed by atoms with Gasteiger partial charge in [-0.05, 0) is 61.4 Å². The number of hydrogen-bond donors (Lipinski definition) is 0. The molecule has 0 radical (unpaired) electrons. The van der Waals surface area contributed by atoms with Gasteiger partial charge < -0.3 is 4.90 Å². The molecule has 0 unspecified atom stereocenters. The zero-order valence-electron chi connectivity index (χ0n) is 13.1. The maximum absolute atomic E-state index is 4.13. The van der Waals surface area contributed by atoms with Crippen molar-refractivity contribution < 1.29 is 21.1 Å². The molecule has 0 aliphatic carbocycles. The minimum Gasteiger partial charge on any atom is -0.457 e. The molecule has 1 heterocycles. The predicted octanol–water partition coefficient (Wildman–Crippen LogP) is 4.46. The molecule has 1 aliphatic rings. The summed E-state index contributed by atoms with van der Waals surface area (Å²) in [4.78, 5) is 2.27. The molecule has 1 aliphatic heterocycles. The maximum atomic E-state index is 4.13. The molecule has 3 rings (SSSR count). The van der Waals surface area contributed by atoms with Crippen LogP contribution in [0, 0.1) is 7.05 Å². The van der Waals surface area contributed by atoms with Gasteiger partial charge in [0, 0.05) is 21.1 Å². The SMILES string of the molecule is [CH2-]N1CCC[C@H]1CCc1ccc(Cc2ccccc2)cc1.[W]. The number of benzene rings is 2. The Morgan fingerprint density at radius 2 is 1.55 bits per heavy atom. The molecular formula is C20H24NW-. The van der Waals surface area contributed by atoms with Crippen molar-refractivity contribution in [3.05, 3.63) is 78.3 Å². The largest absolute Gasteiger partial charge is 0.457 e. The molecule has 1 saturated heterocycles. The van der Waals surface area contributed by atoms with E-state index in [0.717, 1.165) is 6.42 Å². The molecule has 0 aromatic heterocycles. The second-order valence-electron chi connectivity index (χ2n) is 6.13.